The first-order valence-electron chi connectivity index (χ1n) is 6.81. The highest BCUT2D eigenvalue weighted by Gasteiger charge is 2.29. The van der Waals surface area contributed by atoms with Crippen LogP contribution in [0, 0.1) is 0 Å². The molecule has 0 aliphatic carbocycles. The molecule has 0 aromatic heterocycles. The number of nitrogens with zero attached hydrogens (tertiary/aromatic N) is 2. The van der Waals surface area contributed by atoms with Crippen molar-refractivity contribution in [3.8, 4) is 0 Å². The van der Waals surface area contributed by atoms with Gasteiger partial charge in [0.25, 0.3) is 0 Å². The highest BCUT2D eigenvalue weighted by Crippen LogP contribution is 2.29. The van der Waals surface area contributed by atoms with Gasteiger partial charge in [-0.3, -0.25) is 4.90 Å². The summed E-state index contributed by atoms with van der Waals surface area (Å²) in [6, 6.07) is 0.721. The SMILES string of the molecule is C1=CCN2CCCCN3CCCCC3C2=C1. The molecule has 0 radical (unpaired) electrons. The van der Waals surface area contributed by atoms with Crippen LogP contribution in [0.2, 0.25) is 0 Å². The molecule has 2 fully saturated rings. The van der Waals surface area contributed by atoms with Crippen molar-refractivity contribution in [3.63, 3.8) is 0 Å². The van der Waals surface area contributed by atoms with Gasteiger partial charge in [-0.1, -0.05) is 18.6 Å². The highest BCUT2D eigenvalue weighted by atomic mass is 15.2. The van der Waals surface area contributed by atoms with E-state index in [0.29, 0.717) is 0 Å². The van der Waals surface area contributed by atoms with Gasteiger partial charge in [0.2, 0.25) is 0 Å². The topological polar surface area (TPSA) is 6.48 Å². The fourth-order valence-corrected chi connectivity index (χ4v) is 3.32. The molecular formula is C14H22N2. The summed E-state index contributed by atoms with van der Waals surface area (Å²) in [4.78, 5) is 5.32. The molecule has 0 amide bonds. The van der Waals surface area contributed by atoms with Crippen molar-refractivity contribution in [1.29, 1.82) is 0 Å². The van der Waals surface area contributed by atoms with Crippen molar-refractivity contribution in [2.24, 2.45) is 0 Å². The largest absolute Gasteiger partial charge is 0.370 e. The summed E-state index contributed by atoms with van der Waals surface area (Å²) in [5, 5.41) is 0. The highest BCUT2D eigenvalue weighted by molar-refractivity contribution is 5.23. The summed E-state index contributed by atoms with van der Waals surface area (Å²) in [5.74, 6) is 0. The summed E-state index contributed by atoms with van der Waals surface area (Å²) >= 11 is 0. The normalized spacial score (nSPS) is 31.1. The second kappa shape index (κ2) is 4.62. The van der Waals surface area contributed by atoms with Crippen LogP contribution in [-0.4, -0.2) is 42.0 Å². The first-order chi connectivity index (χ1) is 7.95. The summed E-state index contributed by atoms with van der Waals surface area (Å²) < 4.78 is 0. The third-order valence-corrected chi connectivity index (χ3v) is 4.17. The Kier molecular flexibility index (Phi) is 3.00. The van der Waals surface area contributed by atoms with Gasteiger partial charge in [0.15, 0.2) is 0 Å². The Balaban J connectivity index is 1.86. The number of hydrogen-bond acceptors (Lipinski definition) is 2. The molecule has 0 bridgehead atoms. The van der Waals surface area contributed by atoms with Gasteiger partial charge in [-0.05, 0) is 44.8 Å². The minimum absolute atomic E-state index is 0.721. The fourth-order valence-electron chi connectivity index (χ4n) is 3.32. The molecule has 16 heavy (non-hydrogen) atoms. The Morgan fingerprint density at radius 1 is 1.00 bits per heavy atom. The lowest BCUT2D eigenvalue weighted by Gasteiger charge is -2.44. The molecule has 0 saturated carbocycles. The maximum Gasteiger partial charge on any atom is 0.0497 e. The maximum absolute atomic E-state index is 2.72. The lowest BCUT2D eigenvalue weighted by Crippen LogP contribution is -2.47. The fraction of sp³-hybridized carbons (Fsp3) is 0.714. The Labute approximate surface area is 98.6 Å². The summed E-state index contributed by atoms with van der Waals surface area (Å²) in [6.07, 6.45) is 13.8. The van der Waals surface area contributed by atoms with Crippen molar-refractivity contribution < 1.29 is 0 Å². The Bertz CT molecular complexity index is 306. The van der Waals surface area contributed by atoms with Gasteiger partial charge in [0.1, 0.15) is 0 Å². The van der Waals surface area contributed by atoms with Crippen molar-refractivity contribution >= 4 is 0 Å². The van der Waals surface area contributed by atoms with E-state index < -0.39 is 0 Å². The van der Waals surface area contributed by atoms with Gasteiger partial charge in [-0.15, -0.1) is 0 Å². The second-order valence-electron chi connectivity index (χ2n) is 5.22. The van der Waals surface area contributed by atoms with Crippen molar-refractivity contribution in [1.82, 2.24) is 9.80 Å². The third-order valence-electron chi connectivity index (χ3n) is 4.17. The smallest absolute Gasteiger partial charge is 0.0497 e. The monoisotopic (exact) mass is 218 g/mol. The quantitative estimate of drug-likeness (QED) is 0.616. The van der Waals surface area contributed by atoms with Crippen LogP contribution >= 0.6 is 0 Å². The zero-order valence-corrected chi connectivity index (χ0v) is 10.1. The molecule has 0 aromatic carbocycles. The van der Waals surface area contributed by atoms with Gasteiger partial charge in [-0.25, -0.2) is 0 Å². The molecule has 2 heteroatoms. The molecule has 3 heterocycles. The maximum atomic E-state index is 2.72. The van der Waals surface area contributed by atoms with E-state index in [-0.39, 0.29) is 0 Å². The Morgan fingerprint density at radius 3 is 2.75 bits per heavy atom. The van der Waals surface area contributed by atoms with Crippen molar-refractivity contribution in [3.05, 3.63) is 23.9 Å². The standard InChI is InChI=1S/C14H22N2/c1-3-9-15-11-5-6-12-16-10-4-2-8-14(16)13(15)7-1/h1,3,7,14H,2,4-6,8-12H2. The second-order valence-corrected chi connectivity index (χ2v) is 5.22. The van der Waals surface area contributed by atoms with Crippen LogP contribution in [0.15, 0.2) is 23.9 Å². The van der Waals surface area contributed by atoms with E-state index in [1.165, 1.54) is 51.7 Å². The molecule has 2 saturated heterocycles. The molecule has 1 unspecified atom stereocenters. The van der Waals surface area contributed by atoms with Crippen molar-refractivity contribution in [2.75, 3.05) is 26.2 Å². The minimum Gasteiger partial charge on any atom is -0.370 e. The molecule has 0 spiro atoms. The lowest BCUT2D eigenvalue weighted by atomic mass is 9.95. The van der Waals surface area contributed by atoms with E-state index in [4.69, 9.17) is 0 Å². The average molecular weight is 218 g/mol. The van der Waals surface area contributed by atoms with Gasteiger partial charge < -0.3 is 4.90 Å². The summed E-state index contributed by atoms with van der Waals surface area (Å²) in [6.45, 7) is 5.04. The molecule has 3 aliphatic heterocycles. The van der Waals surface area contributed by atoms with Crippen LogP contribution in [0.5, 0.6) is 0 Å². The van der Waals surface area contributed by atoms with Gasteiger partial charge in [0.05, 0.1) is 0 Å². The number of hydrogen-bond donors (Lipinski definition) is 0. The molecule has 0 aromatic rings. The van der Waals surface area contributed by atoms with E-state index >= 15 is 0 Å². The van der Waals surface area contributed by atoms with E-state index in [1.807, 2.05) is 0 Å². The molecule has 88 valence electrons. The number of allylic oxidation sites excluding steroid dienone is 2. The van der Waals surface area contributed by atoms with E-state index in [1.54, 1.807) is 5.70 Å². The lowest BCUT2D eigenvalue weighted by molar-refractivity contribution is 0.125. The summed E-state index contributed by atoms with van der Waals surface area (Å²) in [7, 11) is 0. The van der Waals surface area contributed by atoms with E-state index in [9.17, 15) is 0 Å². The number of piperidine rings is 1. The molecule has 3 rings (SSSR count). The molecular weight excluding hydrogens is 196 g/mol. The first-order valence-corrected chi connectivity index (χ1v) is 6.81. The molecule has 1 atom stereocenters. The molecule has 3 aliphatic rings. The van der Waals surface area contributed by atoms with Gasteiger partial charge in [0, 0.05) is 24.8 Å². The van der Waals surface area contributed by atoms with E-state index in [0.717, 1.165) is 12.6 Å². The predicted octanol–water partition coefficient (Wildman–Crippen LogP) is 2.39. The zero-order chi connectivity index (χ0) is 10.8. The van der Waals surface area contributed by atoms with Crippen LogP contribution in [0.1, 0.15) is 32.1 Å². The van der Waals surface area contributed by atoms with Crippen LogP contribution in [-0.2, 0) is 0 Å². The zero-order valence-electron chi connectivity index (χ0n) is 10.1. The van der Waals surface area contributed by atoms with Crippen LogP contribution in [0.4, 0.5) is 0 Å². The Hall–Kier alpha value is -0.760. The van der Waals surface area contributed by atoms with Gasteiger partial charge in [-0.2, -0.15) is 0 Å². The number of rotatable bonds is 0. The third kappa shape index (κ3) is 1.91. The minimum atomic E-state index is 0.721. The van der Waals surface area contributed by atoms with E-state index in [2.05, 4.69) is 28.0 Å². The first kappa shape index (κ1) is 10.4. The van der Waals surface area contributed by atoms with Crippen LogP contribution < -0.4 is 0 Å². The molecule has 0 N–H and O–H groups in total. The van der Waals surface area contributed by atoms with Crippen LogP contribution in [0.25, 0.3) is 0 Å². The Morgan fingerprint density at radius 2 is 1.81 bits per heavy atom. The van der Waals surface area contributed by atoms with Crippen LogP contribution in [0.3, 0.4) is 0 Å². The predicted molar refractivity (Wildman–Crippen MR) is 67.2 cm³/mol. The summed E-state index contributed by atoms with van der Waals surface area (Å²) in [5.41, 5.74) is 1.60. The number of fused-ring (bicyclic) bond motifs is 3. The van der Waals surface area contributed by atoms with Crippen molar-refractivity contribution in [2.45, 2.75) is 38.1 Å². The molecule has 2 nitrogen and oxygen atoms in total. The van der Waals surface area contributed by atoms with Gasteiger partial charge >= 0.3 is 0 Å². The average Bonchev–Trinajstić information content (AvgIpc) is 2.33.